The minimum absolute atomic E-state index is 0.0231. The van der Waals surface area contributed by atoms with E-state index in [1.165, 1.54) is 24.0 Å². The van der Waals surface area contributed by atoms with Crippen LogP contribution in [-0.4, -0.2) is 11.1 Å². The summed E-state index contributed by atoms with van der Waals surface area (Å²) in [5.74, 6) is -1.06. The van der Waals surface area contributed by atoms with Gasteiger partial charge in [0.1, 0.15) is 0 Å². The molecule has 3 heteroatoms. The van der Waals surface area contributed by atoms with Gasteiger partial charge in [0.25, 0.3) is 0 Å². The normalized spacial score (nSPS) is 9.06. The SMILES string of the molecule is C[CH]c1ccccc1.O=C(O)c1ccco1. The number of carboxylic acid groups (broad SMARTS) is 1. The highest BCUT2D eigenvalue weighted by atomic mass is 16.4. The molecule has 0 aliphatic heterocycles. The van der Waals surface area contributed by atoms with Gasteiger partial charge in [-0.1, -0.05) is 37.3 Å². The molecule has 1 aromatic heterocycles. The first-order valence-electron chi connectivity index (χ1n) is 4.85. The molecule has 0 bridgehead atoms. The van der Waals surface area contributed by atoms with E-state index in [0.717, 1.165) is 0 Å². The predicted octanol–water partition coefficient (Wildman–Crippen LogP) is 3.24. The van der Waals surface area contributed by atoms with Crippen molar-refractivity contribution < 1.29 is 14.3 Å². The van der Waals surface area contributed by atoms with Gasteiger partial charge < -0.3 is 9.52 Å². The minimum atomic E-state index is -1.03. The highest BCUT2D eigenvalue weighted by molar-refractivity contribution is 5.84. The Morgan fingerprint density at radius 3 is 2.19 bits per heavy atom. The largest absolute Gasteiger partial charge is 0.475 e. The van der Waals surface area contributed by atoms with Gasteiger partial charge in [-0.05, 0) is 24.1 Å². The lowest BCUT2D eigenvalue weighted by molar-refractivity contribution is 0.0662. The molecule has 2 rings (SSSR count). The number of carboxylic acids is 1. The Kier molecular flexibility index (Phi) is 4.86. The second-order valence-electron chi connectivity index (χ2n) is 2.98. The molecule has 0 unspecified atom stereocenters. The quantitative estimate of drug-likeness (QED) is 0.840. The van der Waals surface area contributed by atoms with E-state index in [-0.39, 0.29) is 5.76 Å². The lowest BCUT2D eigenvalue weighted by Crippen LogP contribution is -1.90. The average Bonchev–Trinajstić information content (AvgIpc) is 2.85. The first-order valence-corrected chi connectivity index (χ1v) is 4.85. The van der Waals surface area contributed by atoms with Crippen molar-refractivity contribution in [3.63, 3.8) is 0 Å². The Hall–Kier alpha value is -2.03. The zero-order valence-electron chi connectivity index (χ0n) is 8.96. The summed E-state index contributed by atoms with van der Waals surface area (Å²) in [5, 5.41) is 8.18. The third kappa shape index (κ3) is 4.00. The van der Waals surface area contributed by atoms with Crippen LogP contribution in [0.2, 0.25) is 0 Å². The van der Waals surface area contributed by atoms with Crippen molar-refractivity contribution in [2.75, 3.05) is 0 Å². The monoisotopic (exact) mass is 217 g/mol. The van der Waals surface area contributed by atoms with E-state index in [9.17, 15) is 4.79 Å². The molecule has 2 aromatic rings. The Morgan fingerprint density at radius 2 is 1.88 bits per heavy atom. The van der Waals surface area contributed by atoms with Crippen molar-refractivity contribution in [1.29, 1.82) is 0 Å². The topological polar surface area (TPSA) is 50.4 Å². The van der Waals surface area contributed by atoms with E-state index in [1.807, 2.05) is 25.1 Å². The van der Waals surface area contributed by atoms with Crippen molar-refractivity contribution in [3.8, 4) is 0 Å². The van der Waals surface area contributed by atoms with Gasteiger partial charge in [0.2, 0.25) is 5.76 Å². The first-order chi connectivity index (χ1) is 7.74. The smallest absolute Gasteiger partial charge is 0.371 e. The van der Waals surface area contributed by atoms with Crippen LogP contribution in [-0.2, 0) is 0 Å². The molecule has 0 amide bonds. The number of aromatic carboxylic acids is 1. The summed E-state index contributed by atoms with van der Waals surface area (Å²) in [4.78, 5) is 9.97. The maximum Gasteiger partial charge on any atom is 0.371 e. The summed E-state index contributed by atoms with van der Waals surface area (Å²) in [5.41, 5.74) is 1.28. The van der Waals surface area contributed by atoms with Gasteiger partial charge in [0.15, 0.2) is 0 Å². The van der Waals surface area contributed by atoms with Gasteiger partial charge in [-0.25, -0.2) is 4.79 Å². The molecule has 1 N–H and O–H groups in total. The number of rotatable bonds is 2. The van der Waals surface area contributed by atoms with Crippen molar-refractivity contribution in [2.45, 2.75) is 6.92 Å². The van der Waals surface area contributed by atoms with E-state index >= 15 is 0 Å². The Labute approximate surface area is 94.3 Å². The van der Waals surface area contributed by atoms with Gasteiger partial charge >= 0.3 is 5.97 Å². The zero-order valence-corrected chi connectivity index (χ0v) is 8.96. The van der Waals surface area contributed by atoms with Crippen molar-refractivity contribution in [2.24, 2.45) is 0 Å². The van der Waals surface area contributed by atoms with Gasteiger partial charge in [-0.15, -0.1) is 0 Å². The number of furan rings is 1. The molecule has 0 saturated carbocycles. The molecule has 1 aromatic carbocycles. The van der Waals surface area contributed by atoms with Crippen LogP contribution in [0, 0.1) is 6.42 Å². The van der Waals surface area contributed by atoms with Crippen molar-refractivity contribution in [1.82, 2.24) is 0 Å². The fourth-order valence-electron chi connectivity index (χ4n) is 1.05. The molecule has 16 heavy (non-hydrogen) atoms. The molecule has 1 radical (unpaired) electrons. The molecule has 0 aliphatic carbocycles. The molecular weight excluding hydrogens is 204 g/mol. The summed E-state index contributed by atoms with van der Waals surface area (Å²) >= 11 is 0. The van der Waals surface area contributed by atoms with Crippen molar-refractivity contribution in [3.05, 3.63) is 66.5 Å². The highest BCUT2D eigenvalue weighted by Crippen LogP contribution is 1.99. The molecule has 0 fully saturated rings. The van der Waals surface area contributed by atoms with Crippen LogP contribution in [0.4, 0.5) is 0 Å². The van der Waals surface area contributed by atoms with Crippen LogP contribution in [0.1, 0.15) is 23.0 Å². The zero-order chi connectivity index (χ0) is 11.8. The molecular formula is C13H13O3. The Bertz CT molecular complexity index is 404. The van der Waals surface area contributed by atoms with Crippen LogP contribution in [0.3, 0.4) is 0 Å². The number of hydrogen-bond acceptors (Lipinski definition) is 2. The highest BCUT2D eigenvalue weighted by Gasteiger charge is 2.01. The Morgan fingerprint density at radius 1 is 1.19 bits per heavy atom. The van der Waals surface area contributed by atoms with Crippen molar-refractivity contribution >= 4 is 5.97 Å². The fourth-order valence-corrected chi connectivity index (χ4v) is 1.05. The number of carbonyl (C=O) groups is 1. The third-order valence-electron chi connectivity index (χ3n) is 1.86. The van der Waals surface area contributed by atoms with Crippen LogP contribution >= 0.6 is 0 Å². The van der Waals surface area contributed by atoms with E-state index < -0.39 is 5.97 Å². The molecule has 0 saturated heterocycles. The summed E-state index contributed by atoms with van der Waals surface area (Å²) in [6, 6.07) is 13.2. The molecule has 0 spiro atoms. The number of benzene rings is 1. The van der Waals surface area contributed by atoms with E-state index in [4.69, 9.17) is 5.11 Å². The standard InChI is InChI=1S/C8H9.C5H4O3/c1-2-8-6-4-3-5-7-8;6-5(7)4-2-1-3-8-4/h2-7H,1H3;1-3H,(H,6,7). The minimum Gasteiger partial charge on any atom is -0.475 e. The molecule has 1 heterocycles. The van der Waals surface area contributed by atoms with Crippen LogP contribution < -0.4 is 0 Å². The van der Waals surface area contributed by atoms with E-state index in [2.05, 4.69) is 23.0 Å². The summed E-state index contributed by atoms with van der Waals surface area (Å²) < 4.78 is 4.50. The third-order valence-corrected chi connectivity index (χ3v) is 1.86. The van der Waals surface area contributed by atoms with Gasteiger partial charge in [0, 0.05) is 0 Å². The van der Waals surface area contributed by atoms with E-state index in [1.54, 1.807) is 0 Å². The average molecular weight is 217 g/mol. The summed E-state index contributed by atoms with van der Waals surface area (Å²) in [6.07, 6.45) is 3.41. The van der Waals surface area contributed by atoms with Gasteiger partial charge in [-0.3, -0.25) is 0 Å². The second kappa shape index (κ2) is 6.45. The maximum atomic E-state index is 9.97. The van der Waals surface area contributed by atoms with Crippen LogP contribution in [0.15, 0.2) is 53.1 Å². The van der Waals surface area contributed by atoms with E-state index in [0.29, 0.717) is 0 Å². The first kappa shape index (κ1) is 12.0. The molecule has 3 nitrogen and oxygen atoms in total. The molecule has 0 atom stereocenters. The lowest BCUT2D eigenvalue weighted by Gasteiger charge is -1.89. The predicted molar refractivity (Wildman–Crippen MR) is 61.2 cm³/mol. The van der Waals surface area contributed by atoms with Crippen LogP contribution in [0.5, 0.6) is 0 Å². The molecule has 0 aliphatic rings. The van der Waals surface area contributed by atoms with Gasteiger partial charge in [0.05, 0.1) is 6.26 Å². The Balaban J connectivity index is 0.000000160. The molecule has 83 valence electrons. The van der Waals surface area contributed by atoms with Gasteiger partial charge in [-0.2, -0.15) is 0 Å². The summed E-state index contributed by atoms with van der Waals surface area (Å²) in [6.45, 7) is 2.04. The number of hydrogen-bond donors (Lipinski definition) is 1. The maximum absolute atomic E-state index is 9.97. The van der Waals surface area contributed by atoms with Crippen LogP contribution in [0.25, 0.3) is 0 Å². The summed E-state index contributed by atoms with van der Waals surface area (Å²) in [7, 11) is 0. The fraction of sp³-hybridized carbons (Fsp3) is 0.0769. The lowest BCUT2D eigenvalue weighted by atomic mass is 10.2. The second-order valence-corrected chi connectivity index (χ2v) is 2.98.